The maximum Gasteiger partial charge on any atom is 0.404 e. The number of nitrogens with one attached hydrogen (secondary N) is 3. The summed E-state index contributed by atoms with van der Waals surface area (Å²) < 4.78 is 26.9. The number of carbonyl (C=O) groups is 2. The first-order valence-electron chi connectivity index (χ1n) is 10.1. The van der Waals surface area contributed by atoms with E-state index in [9.17, 15) is 23.5 Å². The van der Waals surface area contributed by atoms with Crippen LogP contribution in [0.1, 0.15) is 39.7 Å². The van der Waals surface area contributed by atoms with Crippen molar-refractivity contribution in [3.8, 4) is 0 Å². The second kappa shape index (κ2) is 12.4. The Kier molecular flexibility index (Phi) is 10.7. The summed E-state index contributed by atoms with van der Waals surface area (Å²) in [7, 11) is 0. The lowest BCUT2D eigenvalue weighted by molar-refractivity contribution is -0.123. The first kappa shape index (κ1) is 25.8. The molecule has 0 fully saturated rings. The van der Waals surface area contributed by atoms with Gasteiger partial charge in [-0.2, -0.15) is 0 Å². The van der Waals surface area contributed by atoms with Gasteiger partial charge in [-0.1, -0.05) is 27.7 Å². The molecule has 0 aromatic heterocycles. The minimum Gasteiger partial charge on any atom is -0.465 e. The van der Waals surface area contributed by atoms with Crippen molar-refractivity contribution in [2.24, 2.45) is 11.8 Å². The van der Waals surface area contributed by atoms with Gasteiger partial charge in [-0.25, -0.2) is 13.6 Å². The van der Waals surface area contributed by atoms with Crippen molar-refractivity contribution in [3.05, 3.63) is 35.4 Å². The standard InChI is InChI=1S/C21H33F2N3O4/c1-12(2)5-18(20(28)25-10-13(3)4)24-11-19(27)17(26-21(29)30)8-14-6-15(22)9-16(23)7-14/h6-7,9,12-13,17-19,24,26-27H,5,8,10-11H2,1-4H3,(H,25,28)(H,29,30)/t17-,18+,19+/m0/s1. The summed E-state index contributed by atoms with van der Waals surface area (Å²) in [6, 6.07) is 1.31. The molecule has 2 amide bonds. The largest absolute Gasteiger partial charge is 0.465 e. The van der Waals surface area contributed by atoms with Gasteiger partial charge in [0.25, 0.3) is 0 Å². The smallest absolute Gasteiger partial charge is 0.404 e. The number of carbonyl (C=O) groups excluding carboxylic acids is 1. The van der Waals surface area contributed by atoms with Gasteiger partial charge in [0.1, 0.15) is 11.6 Å². The highest BCUT2D eigenvalue weighted by molar-refractivity contribution is 5.81. The number of aliphatic hydroxyl groups is 1. The van der Waals surface area contributed by atoms with Crippen LogP contribution in [-0.4, -0.2) is 53.5 Å². The van der Waals surface area contributed by atoms with Crippen LogP contribution in [0, 0.1) is 23.5 Å². The van der Waals surface area contributed by atoms with Crippen LogP contribution in [0.3, 0.4) is 0 Å². The van der Waals surface area contributed by atoms with Gasteiger partial charge >= 0.3 is 6.09 Å². The summed E-state index contributed by atoms with van der Waals surface area (Å²) in [6.45, 7) is 8.34. The van der Waals surface area contributed by atoms with E-state index in [-0.39, 0.29) is 36.3 Å². The molecule has 1 rings (SSSR count). The molecule has 0 unspecified atom stereocenters. The molecule has 9 heteroatoms. The Balaban J connectivity index is 2.82. The number of hydrogen-bond donors (Lipinski definition) is 5. The molecule has 1 aromatic carbocycles. The van der Waals surface area contributed by atoms with Gasteiger partial charge in [0.05, 0.1) is 18.2 Å². The monoisotopic (exact) mass is 429 g/mol. The van der Waals surface area contributed by atoms with Crippen LogP contribution in [0.25, 0.3) is 0 Å². The lowest BCUT2D eigenvalue weighted by atomic mass is 9.99. The zero-order valence-electron chi connectivity index (χ0n) is 17.9. The Labute approximate surface area is 176 Å². The molecular weight excluding hydrogens is 396 g/mol. The third-order valence-corrected chi connectivity index (χ3v) is 4.43. The van der Waals surface area contributed by atoms with E-state index in [1.54, 1.807) is 0 Å². The Hall–Kier alpha value is -2.26. The van der Waals surface area contributed by atoms with Crippen molar-refractivity contribution in [2.75, 3.05) is 13.1 Å². The van der Waals surface area contributed by atoms with Crippen LogP contribution in [0.4, 0.5) is 13.6 Å². The van der Waals surface area contributed by atoms with Gasteiger partial charge in [-0.3, -0.25) is 4.79 Å². The van der Waals surface area contributed by atoms with Crippen molar-refractivity contribution in [1.82, 2.24) is 16.0 Å². The Morgan fingerprint density at radius 1 is 1.00 bits per heavy atom. The second-order valence-electron chi connectivity index (χ2n) is 8.33. The van der Waals surface area contributed by atoms with Gasteiger partial charge in [0.2, 0.25) is 5.91 Å². The van der Waals surface area contributed by atoms with Gasteiger partial charge in [-0.15, -0.1) is 0 Å². The molecule has 0 bridgehead atoms. The topological polar surface area (TPSA) is 111 Å². The molecule has 0 spiro atoms. The summed E-state index contributed by atoms with van der Waals surface area (Å²) in [5.74, 6) is -1.27. The Bertz CT molecular complexity index is 681. The number of hydrogen-bond acceptors (Lipinski definition) is 4. The van der Waals surface area contributed by atoms with Crippen molar-refractivity contribution < 1.29 is 28.6 Å². The number of rotatable bonds is 12. The quantitative estimate of drug-likeness (QED) is 0.350. The van der Waals surface area contributed by atoms with Crippen molar-refractivity contribution in [1.29, 1.82) is 0 Å². The van der Waals surface area contributed by atoms with Gasteiger partial charge in [-0.05, 0) is 42.4 Å². The van der Waals surface area contributed by atoms with Crippen LogP contribution in [-0.2, 0) is 11.2 Å². The maximum absolute atomic E-state index is 13.4. The molecule has 1 aromatic rings. The molecule has 0 aliphatic carbocycles. The van der Waals surface area contributed by atoms with E-state index in [0.717, 1.165) is 12.1 Å². The van der Waals surface area contributed by atoms with E-state index in [0.29, 0.717) is 19.0 Å². The second-order valence-corrected chi connectivity index (χ2v) is 8.33. The molecule has 0 heterocycles. The van der Waals surface area contributed by atoms with Crippen LogP contribution < -0.4 is 16.0 Å². The van der Waals surface area contributed by atoms with Crippen molar-refractivity contribution in [2.45, 2.75) is 58.7 Å². The SMILES string of the molecule is CC(C)CNC(=O)[C@@H](CC(C)C)NC[C@@H](O)[C@H](Cc1cc(F)cc(F)c1)NC(=O)O. The summed E-state index contributed by atoms with van der Waals surface area (Å²) >= 11 is 0. The maximum atomic E-state index is 13.4. The summed E-state index contributed by atoms with van der Waals surface area (Å²) in [4.78, 5) is 23.6. The molecule has 5 N–H and O–H groups in total. The molecule has 0 saturated carbocycles. The number of halogens is 2. The van der Waals surface area contributed by atoms with Crippen molar-refractivity contribution >= 4 is 12.0 Å². The molecule has 0 saturated heterocycles. The molecule has 0 aliphatic heterocycles. The first-order chi connectivity index (χ1) is 14.0. The molecule has 3 atom stereocenters. The fourth-order valence-corrected chi connectivity index (χ4v) is 3.01. The fourth-order valence-electron chi connectivity index (χ4n) is 3.01. The average Bonchev–Trinajstić information content (AvgIpc) is 2.60. The normalized spacial score (nSPS) is 14.4. The van der Waals surface area contributed by atoms with Gasteiger partial charge < -0.3 is 26.2 Å². The summed E-state index contributed by atoms with van der Waals surface area (Å²) in [5.41, 5.74) is 0.207. The number of aliphatic hydroxyl groups excluding tert-OH is 1. The molecule has 30 heavy (non-hydrogen) atoms. The molecule has 0 aliphatic rings. The van der Waals surface area contributed by atoms with E-state index >= 15 is 0 Å². The Morgan fingerprint density at radius 2 is 1.60 bits per heavy atom. The van der Waals surface area contributed by atoms with E-state index < -0.39 is 35.9 Å². The van der Waals surface area contributed by atoms with Gasteiger partial charge in [0.15, 0.2) is 0 Å². The van der Waals surface area contributed by atoms with Crippen LogP contribution >= 0.6 is 0 Å². The highest BCUT2D eigenvalue weighted by Crippen LogP contribution is 2.12. The minimum atomic E-state index is -1.37. The lowest BCUT2D eigenvalue weighted by Gasteiger charge is -2.26. The number of amides is 2. The van der Waals surface area contributed by atoms with Crippen molar-refractivity contribution in [3.63, 3.8) is 0 Å². The first-order valence-corrected chi connectivity index (χ1v) is 10.1. The molecule has 170 valence electrons. The number of carboxylic acid groups (broad SMARTS) is 1. The van der Waals surface area contributed by atoms with E-state index in [1.165, 1.54) is 0 Å². The third-order valence-electron chi connectivity index (χ3n) is 4.43. The van der Waals surface area contributed by atoms with E-state index in [2.05, 4.69) is 16.0 Å². The average molecular weight is 430 g/mol. The number of benzene rings is 1. The third kappa shape index (κ3) is 9.98. The van der Waals surface area contributed by atoms with Crippen LogP contribution in [0.2, 0.25) is 0 Å². The van der Waals surface area contributed by atoms with Crippen LogP contribution in [0.15, 0.2) is 18.2 Å². The van der Waals surface area contributed by atoms with E-state index in [1.807, 2.05) is 27.7 Å². The minimum absolute atomic E-state index is 0.0742. The predicted molar refractivity (Wildman–Crippen MR) is 110 cm³/mol. The molecule has 7 nitrogen and oxygen atoms in total. The highest BCUT2D eigenvalue weighted by atomic mass is 19.1. The molecule has 0 radical (unpaired) electrons. The highest BCUT2D eigenvalue weighted by Gasteiger charge is 2.25. The summed E-state index contributed by atoms with van der Waals surface area (Å²) in [5, 5.41) is 27.6. The Morgan fingerprint density at radius 3 is 2.10 bits per heavy atom. The van der Waals surface area contributed by atoms with Gasteiger partial charge in [0, 0.05) is 19.2 Å². The van der Waals surface area contributed by atoms with Crippen LogP contribution in [0.5, 0.6) is 0 Å². The lowest BCUT2D eigenvalue weighted by Crippen LogP contribution is -2.53. The predicted octanol–water partition coefficient (Wildman–Crippen LogP) is 2.28. The zero-order chi connectivity index (χ0) is 22.8. The fraction of sp³-hybridized carbons (Fsp3) is 0.619. The van der Waals surface area contributed by atoms with E-state index in [4.69, 9.17) is 5.11 Å². The molecular formula is C21H33F2N3O4. The zero-order valence-corrected chi connectivity index (χ0v) is 17.9. The summed E-state index contributed by atoms with van der Waals surface area (Å²) in [6.07, 6.45) is -2.18.